The molecular formula is C11H13Cl2NO2S. The Labute approximate surface area is 114 Å². The fraction of sp³-hybridized carbons (Fsp3) is 0.545. The first-order valence-electron chi connectivity index (χ1n) is 5.41. The van der Waals surface area contributed by atoms with Crippen molar-refractivity contribution in [2.75, 3.05) is 6.54 Å². The lowest BCUT2D eigenvalue weighted by atomic mass is 10.1. The number of hydrogen-bond donors (Lipinski definition) is 1. The van der Waals surface area contributed by atoms with Crippen molar-refractivity contribution in [1.82, 2.24) is 4.90 Å². The number of aliphatic carboxylic acids is 1. The number of halogens is 2. The summed E-state index contributed by atoms with van der Waals surface area (Å²) in [6.07, 6.45) is 2.13. The Balaban J connectivity index is 2.18. The van der Waals surface area contributed by atoms with E-state index in [0.29, 0.717) is 14.7 Å². The van der Waals surface area contributed by atoms with E-state index in [4.69, 9.17) is 28.3 Å². The Kier molecular flexibility index (Phi) is 3.98. The molecule has 0 amide bonds. The Morgan fingerprint density at radius 1 is 1.65 bits per heavy atom. The van der Waals surface area contributed by atoms with Crippen molar-refractivity contribution in [3.8, 4) is 0 Å². The highest BCUT2D eigenvalue weighted by molar-refractivity contribution is 7.20. The molecule has 0 saturated heterocycles. The lowest BCUT2D eigenvalue weighted by Crippen LogP contribution is -2.34. The average molecular weight is 294 g/mol. The molecule has 1 aliphatic carbocycles. The summed E-state index contributed by atoms with van der Waals surface area (Å²) in [4.78, 5) is 12.8. The van der Waals surface area contributed by atoms with Crippen LogP contribution in [-0.4, -0.2) is 28.6 Å². The van der Waals surface area contributed by atoms with Gasteiger partial charge in [-0.2, -0.15) is 0 Å². The molecule has 0 radical (unpaired) electrons. The minimum Gasteiger partial charge on any atom is -0.480 e. The molecule has 6 heteroatoms. The van der Waals surface area contributed by atoms with Gasteiger partial charge in [-0.1, -0.05) is 23.2 Å². The van der Waals surface area contributed by atoms with E-state index in [-0.39, 0.29) is 12.6 Å². The number of hydrogen-bond acceptors (Lipinski definition) is 3. The Hall–Kier alpha value is -0.290. The van der Waals surface area contributed by atoms with Gasteiger partial charge in [0, 0.05) is 17.6 Å². The molecule has 17 heavy (non-hydrogen) atoms. The van der Waals surface area contributed by atoms with E-state index in [0.717, 1.165) is 18.4 Å². The third-order valence-corrected chi connectivity index (χ3v) is 4.48. The van der Waals surface area contributed by atoms with Crippen LogP contribution in [0.15, 0.2) is 6.07 Å². The Morgan fingerprint density at radius 2 is 2.29 bits per heavy atom. The van der Waals surface area contributed by atoms with E-state index in [1.165, 1.54) is 11.3 Å². The second-order valence-electron chi connectivity index (χ2n) is 4.25. The molecule has 3 nitrogen and oxygen atoms in total. The molecule has 0 aromatic carbocycles. The molecule has 0 aliphatic heterocycles. The van der Waals surface area contributed by atoms with Crippen LogP contribution in [0.1, 0.15) is 31.4 Å². The Bertz CT molecular complexity index is 431. The van der Waals surface area contributed by atoms with Crippen LogP contribution in [0, 0.1) is 0 Å². The van der Waals surface area contributed by atoms with E-state index < -0.39 is 5.97 Å². The van der Waals surface area contributed by atoms with E-state index in [9.17, 15) is 4.79 Å². The molecule has 1 aromatic heterocycles. The van der Waals surface area contributed by atoms with Gasteiger partial charge in [-0.25, -0.2) is 0 Å². The average Bonchev–Trinajstić information content (AvgIpc) is 3.00. The highest BCUT2D eigenvalue weighted by atomic mass is 35.5. The van der Waals surface area contributed by atoms with Crippen LogP contribution in [0.2, 0.25) is 8.67 Å². The fourth-order valence-electron chi connectivity index (χ4n) is 1.96. The van der Waals surface area contributed by atoms with Crippen LogP contribution in [0.5, 0.6) is 0 Å². The lowest BCUT2D eigenvalue weighted by molar-refractivity contribution is -0.139. The van der Waals surface area contributed by atoms with Crippen molar-refractivity contribution >= 4 is 40.5 Å². The first-order chi connectivity index (χ1) is 7.99. The van der Waals surface area contributed by atoms with Crippen LogP contribution in [0.3, 0.4) is 0 Å². The summed E-state index contributed by atoms with van der Waals surface area (Å²) in [5.41, 5.74) is 0.926. The van der Waals surface area contributed by atoms with Crippen LogP contribution < -0.4 is 0 Å². The van der Waals surface area contributed by atoms with Gasteiger partial charge in [-0.05, 0) is 25.8 Å². The zero-order valence-corrected chi connectivity index (χ0v) is 11.6. The third kappa shape index (κ3) is 3.13. The molecule has 1 aromatic rings. The summed E-state index contributed by atoms with van der Waals surface area (Å²) in [6.45, 7) is 2.03. The molecular weight excluding hydrogens is 281 g/mol. The maximum Gasteiger partial charge on any atom is 0.317 e. The molecule has 1 atom stereocenters. The lowest BCUT2D eigenvalue weighted by Gasteiger charge is -2.27. The summed E-state index contributed by atoms with van der Waals surface area (Å²) < 4.78 is 1.29. The highest BCUT2D eigenvalue weighted by Gasteiger charge is 2.35. The molecule has 94 valence electrons. The molecule has 0 bridgehead atoms. The van der Waals surface area contributed by atoms with Gasteiger partial charge in [0.05, 0.1) is 15.2 Å². The molecule has 1 aliphatic rings. The maximum atomic E-state index is 10.9. The minimum absolute atomic E-state index is 0.00477. The van der Waals surface area contributed by atoms with Crippen LogP contribution in [0.25, 0.3) is 0 Å². The summed E-state index contributed by atoms with van der Waals surface area (Å²) >= 11 is 13.3. The number of rotatable bonds is 5. The molecule has 2 rings (SSSR count). The zero-order chi connectivity index (χ0) is 12.6. The fourth-order valence-corrected chi connectivity index (χ4v) is 3.59. The van der Waals surface area contributed by atoms with E-state index >= 15 is 0 Å². The molecule has 1 saturated carbocycles. The molecule has 1 N–H and O–H groups in total. The van der Waals surface area contributed by atoms with Crippen molar-refractivity contribution < 1.29 is 9.90 Å². The first kappa shape index (κ1) is 13.1. The summed E-state index contributed by atoms with van der Waals surface area (Å²) in [5, 5.41) is 8.93. The largest absolute Gasteiger partial charge is 0.480 e. The van der Waals surface area contributed by atoms with Gasteiger partial charge >= 0.3 is 5.97 Å². The highest BCUT2D eigenvalue weighted by Crippen LogP contribution is 2.40. The zero-order valence-electron chi connectivity index (χ0n) is 9.32. The van der Waals surface area contributed by atoms with Gasteiger partial charge in [0.15, 0.2) is 0 Å². The van der Waals surface area contributed by atoms with Crippen molar-refractivity contribution in [2.45, 2.75) is 31.8 Å². The Morgan fingerprint density at radius 3 is 2.71 bits per heavy atom. The summed E-state index contributed by atoms with van der Waals surface area (Å²) in [6, 6.07) is 2.20. The van der Waals surface area contributed by atoms with E-state index in [1.54, 1.807) is 0 Å². The monoisotopic (exact) mass is 293 g/mol. The third-order valence-electron chi connectivity index (χ3n) is 2.96. The number of thiophene rings is 1. The van der Waals surface area contributed by atoms with Crippen molar-refractivity contribution in [3.63, 3.8) is 0 Å². The van der Waals surface area contributed by atoms with Gasteiger partial charge in [0.25, 0.3) is 0 Å². The second-order valence-corrected chi connectivity index (χ2v) is 6.54. The maximum absolute atomic E-state index is 10.9. The topological polar surface area (TPSA) is 40.5 Å². The van der Waals surface area contributed by atoms with Crippen LogP contribution >= 0.6 is 34.5 Å². The van der Waals surface area contributed by atoms with Gasteiger partial charge in [-0.15, -0.1) is 11.3 Å². The van der Waals surface area contributed by atoms with Gasteiger partial charge in [0.2, 0.25) is 0 Å². The second kappa shape index (κ2) is 5.14. The molecule has 1 heterocycles. The number of carbonyl (C=O) groups is 1. The summed E-state index contributed by atoms with van der Waals surface area (Å²) in [7, 11) is 0. The predicted octanol–water partition coefficient (Wildman–Crippen LogP) is 3.66. The quantitative estimate of drug-likeness (QED) is 0.901. The van der Waals surface area contributed by atoms with Crippen LogP contribution in [0.4, 0.5) is 0 Å². The van der Waals surface area contributed by atoms with Gasteiger partial charge < -0.3 is 5.11 Å². The smallest absolute Gasteiger partial charge is 0.317 e. The summed E-state index contributed by atoms with van der Waals surface area (Å²) in [5.74, 6) is -0.804. The van der Waals surface area contributed by atoms with E-state index in [1.807, 2.05) is 17.9 Å². The minimum atomic E-state index is -0.804. The molecule has 0 spiro atoms. The number of nitrogens with zero attached hydrogens (tertiary/aromatic N) is 1. The molecule has 1 unspecified atom stereocenters. The van der Waals surface area contributed by atoms with Crippen molar-refractivity contribution in [1.29, 1.82) is 0 Å². The van der Waals surface area contributed by atoms with Crippen molar-refractivity contribution in [2.24, 2.45) is 0 Å². The van der Waals surface area contributed by atoms with Crippen LogP contribution in [-0.2, 0) is 4.79 Å². The standard InChI is InChI=1S/C11H13Cl2NO2S/c1-6(8-4-9(12)17-11(8)13)14(5-10(15)16)7-2-3-7/h4,6-7H,2-3,5H2,1H3,(H,15,16). The van der Waals surface area contributed by atoms with Crippen molar-refractivity contribution in [3.05, 3.63) is 20.3 Å². The first-order valence-corrected chi connectivity index (χ1v) is 6.98. The number of carboxylic acid groups (broad SMARTS) is 1. The SMILES string of the molecule is CC(c1cc(Cl)sc1Cl)N(CC(=O)O)C1CC1. The van der Waals surface area contributed by atoms with E-state index in [2.05, 4.69) is 0 Å². The van der Waals surface area contributed by atoms with Gasteiger partial charge in [-0.3, -0.25) is 9.69 Å². The predicted molar refractivity (Wildman–Crippen MR) is 70.1 cm³/mol. The molecule has 1 fully saturated rings. The number of carboxylic acids is 1. The normalized spacial score (nSPS) is 17.4. The van der Waals surface area contributed by atoms with Gasteiger partial charge in [0.1, 0.15) is 0 Å².